The molecule has 0 saturated heterocycles. The van der Waals surface area contributed by atoms with Crippen molar-refractivity contribution < 1.29 is 23.0 Å². The Morgan fingerprint density at radius 2 is 1.86 bits per heavy atom. The molecule has 2 heterocycles. The molecule has 1 unspecified atom stereocenters. The largest absolute Gasteiger partial charge is 0.619 e. The minimum atomic E-state index is -2.95. The first-order valence-corrected chi connectivity index (χ1v) is 11.7. The van der Waals surface area contributed by atoms with Crippen molar-refractivity contribution in [2.24, 2.45) is 5.92 Å². The Morgan fingerprint density at radius 1 is 1.06 bits per heavy atom. The maximum atomic E-state index is 13.0. The van der Waals surface area contributed by atoms with Crippen LogP contribution in [0.2, 0.25) is 0 Å². The van der Waals surface area contributed by atoms with Gasteiger partial charge in [0, 0.05) is 29.6 Å². The number of pyridine rings is 1. The fraction of sp³-hybridized carbons (Fsp3) is 0.259. The zero-order valence-electron chi connectivity index (χ0n) is 19.5. The molecule has 2 aromatic heterocycles. The number of hydrogen-bond donors (Lipinski definition) is 1. The van der Waals surface area contributed by atoms with E-state index in [0.29, 0.717) is 24.6 Å². The molecule has 1 fully saturated rings. The first-order chi connectivity index (χ1) is 17.4. The molecular formula is C27H26F2N4O3. The zero-order chi connectivity index (χ0) is 25.1. The molecule has 36 heavy (non-hydrogen) atoms. The number of nitrogen functional groups attached to an aromatic ring is 1. The van der Waals surface area contributed by atoms with Crippen molar-refractivity contribution in [2.45, 2.75) is 31.9 Å². The van der Waals surface area contributed by atoms with Crippen LogP contribution in [0.3, 0.4) is 0 Å². The average molecular weight is 493 g/mol. The maximum absolute atomic E-state index is 13.0. The van der Waals surface area contributed by atoms with E-state index >= 15 is 0 Å². The second-order valence-corrected chi connectivity index (χ2v) is 8.93. The molecule has 0 radical (unpaired) electrons. The number of halogens is 2. The van der Waals surface area contributed by atoms with Crippen LogP contribution in [-0.4, -0.2) is 23.0 Å². The standard InChI is InChI=1S/C27H26F2N4O3/c28-27(29)36-25-7-6-21(16-26(25)35-17-19-4-5-19)24(14-18-8-11-32(34)12-9-18)33-13-10-23(31-33)20-2-1-3-22(30)15-20/h1-3,6-13,15-16,19,24,27H,4-5,14,17,30H2. The van der Waals surface area contributed by atoms with Gasteiger partial charge in [-0.2, -0.15) is 18.6 Å². The van der Waals surface area contributed by atoms with Crippen LogP contribution in [0.5, 0.6) is 11.5 Å². The molecular weight excluding hydrogens is 466 g/mol. The summed E-state index contributed by atoms with van der Waals surface area (Å²) in [5.74, 6) is 0.721. The van der Waals surface area contributed by atoms with Gasteiger partial charge in [0.2, 0.25) is 0 Å². The van der Waals surface area contributed by atoms with Crippen LogP contribution in [-0.2, 0) is 6.42 Å². The molecule has 2 N–H and O–H groups in total. The number of alkyl halides is 2. The topological polar surface area (TPSA) is 89.2 Å². The molecule has 1 atom stereocenters. The summed E-state index contributed by atoms with van der Waals surface area (Å²) in [4.78, 5) is 0. The molecule has 0 bridgehead atoms. The third-order valence-electron chi connectivity index (χ3n) is 6.15. The Bertz CT molecular complexity index is 1320. The van der Waals surface area contributed by atoms with E-state index in [9.17, 15) is 14.0 Å². The normalized spacial score (nSPS) is 14.1. The van der Waals surface area contributed by atoms with E-state index in [1.165, 1.54) is 18.5 Å². The van der Waals surface area contributed by atoms with Crippen LogP contribution in [0.1, 0.15) is 30.0 Å². The van der Waals surface area contributed by atoms with Crippen LogP contribution in [0.4, 0.5) is 14.5 Å². The summed E-state index contributed by atoms with van der Waals surface area (Å²) >= 11 is 0. The molecule has 1 aliphatic rings. The Morgan fingerprint density at radius 3 is 2.58 bits per heavy atom. The third kappa shape index (κ3) is 5.73. The van der Waals surface area contributed by atoms with Gasteiger partial charge < -0.3 is 20.4 Å². The Labute approximate surface area is 207 Å². The molecule has 2 aromatic carbocycles. The third-order valence-corrected chi connectivity index (χ3v) is 6.15. The van der Waals surface area contributed by atoms with E-state index < -0.39 is 6.61 Å². The highest BCUT2D eigenvalue weighted by Gasteiger charge is 2.24. The summed E-state index contributed by atoms with van der Waals surface area (Å²) in [7, 11) is 0. The quantitative estimate of drug-likeness (QED) is 0.191. The van der Waals surface area contributed by atoms with Crippen LogP contribution >= 0.6 is 0 Å². The Hall–Kier alpha value is -4.14. The van der Waals surface area contributed by atoms with E-state index in [-0.39, 0.29) is 17.5 Å². The lowest BCUT2D eigenvalue weighted by Crippen LogP contribution is -2.24. The first kappa shape index (κ1) is 23.6. The smallest absolute Gasteiger partial charge is 0.387 e. The van der Waals surface area contributed by atoms with Crippen molar-refractivity contribution in [1.29, 1.82) is 0 Å². The number of nitrogens with two attached hydrogens (primary N) is 1. The predicted molar refractivity (Wildman–Crippen MR) is 131 cm³/mol. The first-order valence-electron chi connectivity index (χ1n) is 11.7. The van der Waals surface area contributed by atoms with Crippen LogP contribution in [0.25, 0.3) is 11.3 Å². The summed E-state index contributed by atoms with van der Waals surface area (Å²) in [6, 6.07) is 17.6. The van der Waals surface area contributed by atoms with E-state index in [2.05, 4.69) is 0 Å². The van der Waals surface area contributed by atoms with Gasteiger partial charge in [0.25, 0.3) is 0 Å². The fourth-order valence-electron chi connectivity index (χ4n) is 4.06. The molecule has 0 spiro atoms. The monoisotopic (exact) mass is 492 g/mol. The van der Waals surface area contributed by atoms with Crippen molar-refractivity contribution in [3.63, 3.8) is 0 Å². The highest BCUT2D eigenvalue weighted by atomic mass is 19.3. The van der Waals surface area contributed by atoms with Gasteiger partial charge in [-0.05, 0) is 66.6 Å². The van der Waals surface area contributed by atoms with Crippen molar-refractivity contribution in [3.05, 3.63) is 95.6 Å². The summed E-state index contributed by atoms with van der Waals surface area (Å²) in [6.07, 6.45) is 7.40. The van der Waals surface area contributed by atoms with E-state index in [1.54, 1.807) is 24.3 Å². The van der Waals surface area contributed by atoms with E-state index in [1.807, 2.05) is 41.2 Å². The van der Waals surface area contributed by atoms with Crippen LogP contribution in [0.15, 0.2) is 79.3 Å². The molecule has 1 aliphatic carbocycles. The second-order valence-electron chi connectivity index (χ2n) is 8.93. The van der Waals surface area contributed by atoms with Crippen molar-refractivity contribution >= 4 is 5.69 Å². The van der Waals surface area contributed by atoms with Gasteiger partial charge in [0.1, 0.15) is 0 Å². The Kier molecular flexibility index (Phi) is 6.71. The molecule has 0 aliphatic heterocycles. The van der Waals surface area contributed by atoms with Gasteiger partial charge in [-0.3, -0.25) is 4.68 Å². The zero-order valence-corrected chi connectivity index (χ0v) is 19.5. The van der Waals surface area contributed by atoms with Gasteiger partial charge >= 0.3 is 6.61 Å². The van der Waals surface area contributed by atoms with E-state index in [0.717, 1.165) is 40.0 Å². The number of benzene rings is 2. The maximum Gasteiger partial charge on any atom is 0.387 e. The van der Waals surface area contributed by atoms with Crippen LogP contribution in [0, 0.1) is 11.1 Å². The number of rotatable bonds is 10. The number of anilines is 1. The van der Waals surface area contributed by atoms with E-state index in [4.69, 9.17) is 20.3 Å². The minimum absolute atomic E-state index is 0.00109. The molecule has 0 amide bonds. The summed E-state index contributed by atoms with van der Waals surface area (Å²) in [5.41, 5.74) is 9.95. The minimum Gasteiger partial charge on any atom is -0.619 e. The lowest BCUT2D eigenvalue weighted by atomic mass is 9.99. The molecule has 7 nitrogen and oxygen atoms in total. The van der Waals surface area contributed by atoms with Gasteiger partial charge in [-0.15, -0.1) is 0 Å². The highest BCUT2D eigenvalue weighted by Crippen LogP contribution is 2.36. The lowest BCUT2D eigenvalue weighted by molar-refractivity contribution is -0.605. The van der Waals surface area contributed by atoms with Gasteiger partial charge in [0.05, 0.1) is 18.3 Å². The highest BCUT2D eigenvalue weighted by molar-refractivity contribution is 5.63. The summed E-state index contributed by atoms with van der Waals surface area (Å²) in [5, 5.41) is 16.3. The SMILES string of the molecule is Nc1cccc(-c2ccn(C(Cc3cc[n+]([O-])cc3)c3ccc(OC(F)F)c(OCC4CC4)c3)n2)c1. The lowest BCUT2D eigenvalue weighted by Gasteiger charge is -2.21. The number of nitrogens with zero attached hydrogens (tertiary/aromatic N) is 3. The molecule has 186 valence electrons. The molecule has 5 rings (SSSR count). The predicted octanol–water partition coefficient (Wildman–Crippen LogP) is 4.99. The van der Waals surface area contributed by atoms with Crippen molar-refractivity contribution in [3.8, 4) is 22.8 Å². The van der Waals surface area contributed by atoms with Crippen molar-refractivity contribution in [2.75, 3.05) is 12.3 Å². The van der Waals surface area contributed by atoms with Crippen molar-refractivity contribution in [1.82, 2.24) is 9.78 Å². The summed E-state index contributed by atoms with van der Waals surface area (Å²) in [6.45, 7) is -2.50. The second kappa shape index (κ2) is 10.2. The van der Waals surface area contributed by atoms with Gasteiger partial charge in [0.15, 0.2) is 23.9 Å². The molecule has 9 heteroatoms. The van der Waals surface area contributed by atoms with Crippen LogP contribution < -0.4 is 19.9 Å². The Balaban J connectivity index is 1.51. The molecule has 1 saturated carbocycles. The fourth-order valence-corrected chi connectivity index (χ4v) is 4.06. The van der Waals surface area contributed by atoms with Gasteiger partial charge in [-0.25, -0.2) is 0 Å². The number of ether oxygens (including phenoxy) is 2. The number of hydrogen-bond acceptors (Lipinski definition) is 5. The average Bonchev–Trinajstić information content (AvgIpc) is 3.56. The number of aromatic nitrogens is 3. The molecule has 4 aromatic rings. The summed E-state index contributed by atoms with van der Waals surface area (Å²) < 4.78 is 39.2. The van der Waals surface area contributed by atoms with Gasteiger partial charge in [-0.1, -0.05) is 18.2 Å².